The smallest absolute Gasteiger partial charge is 0.277 e. The second-order valence-electron chi connectivity index (χ2n) is 7.41. The number of benzene rings is 2. The van der Waals surface area contributed by atoms with Gasteiger partial charge in [0, 0.05) is 6.54 Å². The lowest BCUT2D eigenvalue weighted by Crippen LogP contribution is -2.62. The Labute approximate surface area is 169 Å². The summed E-state index contributed by atoms with van der Waals surface area (Å²) in [6, 6.07) is 10.1. The highest BCUT2D eigenvalue weighted by molar-refractivity contribution is 6.16. The van der Waals surface area contributed by atoms with Crippen LogP contribution < -0.4 is 5.32 Å². The van der Waals surface area contributed by atoms with Gasteiger partial charge in [-0.3, -0.25) is 15.1 Å². The van der Waals surface area contributed by atoms with Crippen LogP contribution in [0.2, 0.25) is 0 Å². The summed E-state index contributed by atoms with van der Waals surface area (Å²) in [7, 11) is 0. The first-order valence-corrected chi connectivity index (χ1v) is 9.73. The summed E-state index contributed by atoms with van der Waals surface area (Å²) in [5, 5.41) is 2.92. The highest BCUT2D eigenvalue weighted by Gasteiger charge is 2.42. The average Bonchev–Trinajstić information content (AvgIpc) is 3.12. The number of hydrogen-bond donors (Lipinski definition) is 1. The molecule has 1 N–H and O–H groups in total. The Kier molecular flexibility index (Phi) is 4.82. The van der Waals surface area contributed by atoms with Gasteiger partial charge in [0.05, 0.1) is 18.3 Å². The van der Waals surface area contributed by atoms with Crippen LogP contribution in [0.1, 0.15) is 35.2 Å². The van der Waals surface area contributed by atoms with E-state index in [2.05, 4.69) is 23.3 Å². The number of aryl methyl sites for hydroxylation is 3. The fraction of sp³-hybridized carbons (Fsp3) is 0.318. The normalized spacial score (nSPS) is 20.0. The Balaban J connectivity index is 1.80. The van der Waals surface area contributed by atoms with E-state index < -0.39 is 0 Å². The Morgan fingerprint density at radius 3 is 2.52 bits per heavy atom. The minimum absolute atomic E-state index is 0.161. The number of fused-ring (bicyclic) bond motifs is 1. The molecule has 2 aromatic rings. The topological polar surface area (TPSA) is 60.3 Å². The number of carbonyl (C=O) groups excluding carboxylic acids is 1. The van der Waals surface area contributed by atoms with Gasteiger partial charge in [-0.25, -0.2) is 19.2 Å². The lowest BCUT2D eigenvalue weighted by atomic mass is 10.1. The molecule has 0 radical (unpaired) electrons. The van der Waals surface area contributed by atoms with Crippen molar-refractivity contribution in [2.45, 2.75) is 33.7 Å². The number of guanidine groups is 2. The lowest BCUT2D eigenvalue weighted by molar-refractivity contribution is 0.217. The van der Waals surface area contributed by atoms with Gasteiger partial charge in [-0.15, -0.1) is 0 Å². The van der Waals surface area contributed by atoms with Crippen molar-refractivity contribution in [3.63, 3.8) is 0 Å². The molecule has 29 heavy (non-hydrogen) atoms. The molecule has 0 spiro atoms. The van der Waals surface area contributed by atoms with Crippen molar-refractivity contribution in [1.82, 2.24) is 15.1 Å². The average molecular weight is 393 g/mol. The maximum atomic E-state index is 13.4. The molecule has 1 fully saturated rings. The van der Waals surface area contributed by atoms with Crippen LogP contribution in [0.3, 0.4) is 0 Å². The maximum Gasteiger partial charge on any atom is 0.330 e. The molecule has 1 saturated heterocycles. The molecule has 0 aromatic heterocycles. The zero-order valence-corrected chi connectivity index (χ0v) is 17.0. The summed E-state index contributed by atoms with van der Waals surface area (Å²) >= 11 is 0. The molecule has 7 heteroatoms. The summed E-state index contributed by atoms with van der Waals surface area (Å²) in [6.45, 7) is 8.98. The molecule has 2 aromatic carbocycles. The van der Waals surface area contributed by atoms with Gasteiger partial charge in [0.15, 0.2) is 0 Å². The number of amides is 2. The number of nitrogens with one attached hydrogen (secondary N) is 1. The molecule has 0 saturated carbocycles. The fourth-order valence-electron chi connectivity index (χ4n) is 3.72. The van der Waals surface area contributed by atoms with Crippen molar-refractivity contribution in [2.24, 2.45) is 9.98 Å². The Morgan fingerprint density at radius 2 is 1.83 bits per heavy atom. The molecule has 1 unspecified atom stereocenters. The monoisotopic (exact) mass is 393 g/mol. The molecular formula is C22H24FN5O. The van der Waals surface area contributed by atoms with Gasteiger partial charge in [0.1, 0.15) is 5.82 Å². The van der Waals surface area contributed by atoms with E-state index in [9.17, 15) is 9.18 Å². The van der Waals surface area contributed by atoms with Crippen molar-refractivity contribution < 1.29 is 9.18 Å². The van der Waals surface area contributed by atoms with Crippen molar-refractivity contribution in [3.05, 3.63) is 64.5 Å². The third kappa shape index (κ3) is 3.37. The highest BCUT2D eigenvalue weighted by Crippen LogP contribution is 2.32. The summed E-state index contributed by atoms with van der Waals surface area (Å²) < 4.78 is 13.4. The van der Waals surface area contributed by atoms with Gasteiger partial charge < -0.3 is 0 Å². The summed E-state index contributed by atoms with van der Waals surface area (Å²) in [5.41, 5.74) is 5.09. The molecule has 2 amide bonds. The Bertz CT molecular complexity index is 1030. The first kappa shape index (κ1) is 19.1. The number of nitrogens with zero attached hydrogens (tertiary/aromatic N) is 4. The summed E-state index contributed by atoms with van der Waals surface area (Å²) in [6.07, 6.45) is 0. The molecule has 2 heterocycles. The van der Waals surface area contributed by atoms with Gasteiger partial charge in [0.25, 0.3) is 0 Å². The van der Waals surface area contributed by atoms with Gasteiger partial charge in [-0.05, 0) is 68.1 Å². The zero-order valence-electron chi connectivity index (χ0n) is 17.0. The molecule has 2 aliphatic heterocycles. The van der Waals surface area contributed by atoms with Crippen molar-refractivity contribution >= 4 is 23.6 Å². The van der Waals surface area contributed by atoms with E-state index in [1.165, 1.54) is 17.7 Å². The highest BCUT2D eigenvalue weighted by atomic mass is 19.1. The van der Waals surface area contributed by atoms with E-state index in [1.54, 1.807) is 17.0 Å². The molecule has 4 rings (SSSR count). The zero-order chi connectivity index (χ0) is 20.7. The molecule has 0 bridgehead atoms. The van der Waals surface area contributed by atoms with Crippen LogP contribution in [0.25, 0.3) is 0 Å². The Hall–Kier alpha value is -3.22. The number of rotatable bonds is 3. The van der Waals surface area contributed by atoms with E-state index in [1.807, 2.05) is 31.7 Å². The van der Waals surface area contributed by atoms with Crippen LogP contribution in [0.5, 0.6) is 0 Å². The number of hydrogen-bond acceptors (Lipinski definition) is 3. The lowest BCUT2D eigenvalue weighted by Gasteiger charge is -2.38. The first-order chi connectivity index (χ1) is 13.9. The molecule has 2 aliphatic rings. The Morgan fingerprint density at radius 1 is 1.14 bits per heavy atom. The van der Waals surface area contributed by atoms with Gasteiger partial charge in [0.2, 0.25) is 11.9 Å². The van der Waals surface area contributed by atoms with Crippen LogP contribution in [0, 0.1) is 26.6 Å². The van der Waals surface area contributed by atoms with E-state index >= 15 is 0 Å². The number of carbonyl (C=O) groups is 1. The van der Waals surface area contributed by atoms with Crippen LogP contribution in [-0.2, 0) is 0 Å². The quantitative estimate of drug-likeness (QED) is 0.850. The van der Waals surface area contributed by atoms with E-state index in [4.69, 9.17) is 4.99 Å². The summed E-state index contributed by atoms with van der Waals surface area (Å²) in [5.74, 6) is 0.733. The van der Waals surface area contributed by atoms with Gasteiger partial charge in [-0.1, -0.05) is 18.2 Å². The number of aliphatic imine (C=N–C) groups is 2. The van der Waals surface area contributed by atoms with Crippen LogP contribution >= 0.6 is 0 Å². The third-order valence-electron chi connectivity index (χ3n) is 5.48. The van der Waals surface area contributed by atoms with Crippen LogP contribution in [0.4, 0.5) is 14.9 Å². The van der Waals surface area contributed by atoms with Crippen LogP contribution in [0.15, 0.2) is 46.4 Å². The second kappa shape index (κ2) is 7.31. The third-order valence-corrected chi connectivity index (χ3v) is 5.48. The van der Waals surface area contributed by atoms with E-state index in [0.717, 1.165) is 22.4 Å². The minimum Gasteiger partial charge on any atom is -0.277 e. The minimum atomic E-state index is -0.283. The fourth-order valence-corrected chi connectivity index (χ4v) is 3.72. The molecular weight excluding hydrogens is 369 g/mol. The predicted molar refractivity (Wildman–Crippen MR) is 112 cm³/mol. The number of halogens is 1. The summed E-state index contributed by atoms with van der Waals surface area (Å²) in [4.78, 5) is 25.6. The largest absolute Gasteiger partial charge is 0.330 e. The molecule has 1 atom stereocenters. The van der Waals surface area contributed by atoms with E-state index in [-0.39, 0.29) is 17.9 Å². The molecule has 150 valence electrons. The molecule has 0 aliphatic carbocycles. The standard InChI is InChI=1S/C22H24FN5O/c1-5-27-21-24-12-19(16-6-8-17(23)9-7-16)28(21)20(26-22(27)29)25-18-11-14(3)13(2)10-15(18)4/h6-11,19H,5,12H2,1-4H3,(H,25,26,29). The predicted octanol–water partition coefficient (Wildman–Crippen LogP) is 4.20. The first-order valence-electron chi connectivity index (χ1n) is 9.73. The maximum absolute atomic E-state index is 13.4. The molecule has 6 nitrogen and oxygen atoms in total. The van der Waals surface area contributed by atoms with Gasteiger partial charge >= 0.3 is 6.03 Å². The van der Waals surface area contributed by atoms with Crippen LogP contribution in [-0.4, -0.2) is 40.8 Å². The van der Waals surface area contributed by atoms with Crippen molar-refractivity contribution in [1.29, 1.82) is 0 Å². The van der Waals surface area contributed by atoms with Gasteiger partial charge in [-0.2, -0.15) is 0 Å². The SMILES string of the molecule is CCN1C(=O)NC(=Nc2cc(C)c(C)cc2C)N2C1=NCC2c1ccc(F)cc1. The van der Waals surface area contributed by atoms with Crippen molar-refractivity contribution in [3.8, 4) is 0 Å². The second-order valence-corrected chi connectivity index (χ2v) is 7.41. The number of urea groups is 1. The van der Waals surface area contributed by atoms with E-state index in [0.29, 0.717) is 25.0 Å². The van der Waals surface area contributed by atoms with Crippen molar-refractivity contribution in [2.75, 3.05) is 13.1 Å².